The summed E-state index contributed by atoms with van der Waals surface area (Å²) in [7, 11) is 1.61. The molecule has 0 bridgehead atoms. The van der Waals surface area contributed by atoms with Gasteiger partial charge in [0.2, 0.25) is 5.88 Å². The largest absolute Gasteiger partial charge is 0.473 e. The van der Waals surface area contributed by atoms with E-state index in [1.165, 1.54) is 22.8 Å². The maximum atomic E-state index is 14.6. The molecule has 0 amide bonds. The molecule has 1 atom stereocenters. The summed E-state index contributed by atoms with van der Waals surface area (Å²) in [5.41, 5.74) is -1.19. The molecule has 2 aromatic carbocycles. The molecule has 1 unspecified atom stereocenters. The molecule has 0 saturated carbocycles. The Balaban J connectivity index is 1.48. The first-order valence-corrected chi connectivity index (χ1v) is 11.3. The number of alkyl halides is 3. The summed E-state index contributed by atoms with van der Waals surface area (Å²) in [5.74, 6) is -0.599. The highest BCUT2D eigenvalue weighted by Crippen LogP contribution is 2.38. The Morgan fingerprint density at radius 2 is 1.97 bits per heavy atom. The van der Waals surface area contributed by atoms with Gasteiger partial charge in [-0.25, -0.2) is 9.18 Å². The molecule has 1 aliphatic rings. The van der Waals surface area contributed by atoms with E-state index in [0.717, 1.165) is 12.1 Å². The van der Waals surface area contributed by atoms with Gasteiger partial charge in [-0.05, 0) is 42.8 Å². The van der Waals surface area contributed by atoms with Crippen LogP contribution in [-0.4, -0.2) is 35.4 Å². The predicted octanol–water partition coefficient (Wildman–Crippen LogP) is 5.19. The van der Waals surface area contributed by atoms with Crippen LogP contribution in [-0.2, 0) is 24.6 Å². The first-order chi connectivity index (χ1) is 17.0. The quantitative estimate of drug-likeness (QED) is 0.411. The smallest absolute Gasteiger partial charge is 0.417 e. The predicted molar refractivity (Wildman–Crippen MR) is 124 cm³/mol. The minimum atomic E-state index is -4.68. The number of benzene rings is 2. The molecule has 3 aromatic rings. The number of rotatable bonds is 6. The third kappa shape index (κ3) is 5.73. The van der Waals surface area contributed by atoms with Crippen LogP contribution in [0.4, 0.5) is 23.4 Å². The van der Waals surface area contributed by atoms with Crippen LogP contribution in [0.2, 0.25) is 5.02 Å². The highest BCUT2D eigenvalue weighted by Gasteiger charge is 2.33. The standard InChI is InChI=1S/C24H22ClF4N3O4/c1-14-12-34-8-7-32(14)22-11-21(30-23(33)31(22)2)35-13-15-3-6-20(19(26)9-15)36-16-4-5-18(25)17(10-16)24(27,28)29/h3-6,9-11,14H,7-8,12-13H2,1-2H3. The molecule has 0 radical (unpaired) electrons. The summed E-state index contributed by atoms with van der Waals surface area (Å²) in [4.78, 5) is 18.3. The van der Waals surface area contributed by atoms with E-state index in [9.17, 15) is 22.4 Å². The first-order valence-electron chi connectivity index (χ1n) is 10.9. The maximum absolute atomic E-state index is 14.6. The van der Waals surface area contributed by atoms with E-state index in [-0.39, 0.29) is 30.0 Å². The molecule has 4 rings (SSSR count). The van der Waals surface area contributed by atoms with Gasteiger partial charge in [0.25, 0.3) is 0 Å². The second kappa shape index (κ2) is 10.4. The highest BCUT2D eigenvalue weighted by molar-refractivity contribution is 6.31. The monoisotopic (exact) mass is 527 g/mol. The van der Waals surface area contributed by atoms with E-state index >= 15 is 0 Å². The first kappa shape index (κ1) is 25.8. The van der Waals surface area contributed by atoms with E-state index < -0.39 is 28.3 Å². The van der Waals surface area contributed by atoms with E-state index in [1.54, 1.807) is 13.1 Å². The van der Waals surface area contributed by atoms with Crippen LogP contribution in [0, 0.1) is 5.82 Å². The minimum absolute atomic E-state index is 0.0501. The lowest BCUT2D eigenvalue weighted by Crippen LogP contribution is -2.46. The van der Waals surface area contributed by atoms with Crippen LogP contribution in [0.15, 0.2) is 47.3 Å². The molecular formula is C24H22ClF4N3O4. The third-order valence-corrected chi connectivity index (χ3v) is 5.93. The average Bonchev–Trinajstić information content (AvgIpc) is 2.82. The molecule has 1 aromatic heterocycles. The van der Waals surface area contributed by atoms with Crippen molar-refractivity contribution in [1.29, 1.82) is 0 Å². The lowest BCUT2D eigenvalue weighted by atomic mass is 10.2. The summed E-state index contributed by atoms with van der Waals surface area (Å²) >= 11 is 5.60. The van der Waals surface area contributed by atoms with Gasteiger partial charge in [0.1, 0.15) is 18.2 Å². The Morgan fingerprint density at radius 3 is 2.67 bits per heavy atom. The normalized spacial score (nSPS) is 16.2. The zero-order chi connectivity index (χ0) is 26.0. The maximum Gasteiger partial charge on any atom is 0.417 e. The summed E-state index contributed by atoms with van der Waals surface area (Å²) < 4.78 is 71.6. The second-order valence-electron chi connectivity index (χ2n) is 8.21. The SMILES string of the molecule is CC1COCCN1c1cc(OCc2ccc(Oc3ccc(Cl)c(C(F)(F)F)c3)c(F)c2)nc(=O)n1C. The number of aromatic nitrogens is 2. The Labute approximate surface area is 208 Å². The van der Waals surface area contributed by atoms with E-state index in [4.69, 9.17) is 25.8 Å². The van der Waals surface area contributed by atoms with Crippen molar-refractivity contribution in [2.75, 3.05) is 24.7 Å². The summed E-state index contributed by atoms with van der Waals surface area (Å²) in [5, 5.41) is -0.488. The summed E-state index contributed by atoms with van der Waals surface area (Å²) in [6.07, 6.45) is -4.68. The molecule has 0 N–H and O–H groups in total. The molecule has 1 saturated heterocycles. The van der Waals surface area contributed by atoms with Crippen LogP contribution in [0.1, 0.15) is 18.1 Å². The van der Waals surface area contributed by atoms with Gasteiger partial charge >= 0.3 is 11.9 Å². The Kier molecular flexibility index (Phi) is 7.41. The van der Waals surface area contributed by atoms with E-state index in [1.807, 2.05) is 11.8 Å². The molecule has 36 heavy (non-hydrogen) atoms. The van der Waals surface area contributed by atoms with Crippen molar-refractivity contribution >= 4 is 17.4 Å². The molecule has 1 aliphatic heterocycles. The van der Waals surface area contributed by atoms with Gasteiger partial charge in [-0.3, -0.25) is 4.57 Å². The van der Waals surface area contributed by atoms with Gasteiger partial charge in [0.05, 0.1) is 29.8 Å². The number of anilines is 1. The molecule has 1 fully saturated rings. The number of morpholine rings is 1. The second-order valence-corrected chi connectivity index (χ2v) is 8.61. The van der Waals surface area contributed by atoms with Crippen molar-refractivity contribution in [1.82, 2.24) is 9.55 Å². The topological polar surface area (TPSA) is 65.8 Å². The number of hydrogen-bond acceptors (Lipinski definition) is 6. The summed E-state index contributed by atoms with van der Waals surface area (Å²) in [6, 6.07) is 8.52. The number of halogens is 5. The molecule has 192 valence electrons. The van der Waals surface area contributed by atoms with Crippen LogP contribution in [0.25, 0.3) is 0 Å². The number of hydrogen-bond donors (Lipinski definition) is 0. The molecule has 12 heteroatoms. The number of nitrogens with zero attached hydrogens (tertiary/aromatic N) is 3. The summed E-state index contributed by atoms with van der Waals surface area (Å²) in [6.45, 7) is 3.52. The molecule has 2 heterocycles. The van der Waals surface area contributed by atoms with Gasteiger partial charge in [-0.15, -0.1) is 0 Å². The van der Waals surface area contributed by atoms with E-state index in [0.29, 0.717) is 37.2 Å². The molecule has 0 spiro atoms. The molecular weight excluding hydrogens is 506 g/mol. The fourth-order valence-electron chi connectivity index (χ4n) is 3.71. The highest BCUT2D eigenvalue weighted by atomic mass is 35.5. The van der Waals surface area contributed by atoms with Gasteiger partial charge in [-0.1, -0.05) is 17.7 Å². The average molecular weight is 528 g/mol. The van der Waals surface area contributed by atoms with Crippen molar-refractivity contribution in [3.05, 3.63) is 74.9 Å². The van der Waals surface area contributed by atoms with Crippen molar-refractivity contribution in [3.63, 3.8) is 0 Å². The van der Waals surface area contributed by atoms with Gasteiger partial charge in [0, 0.05) is 19.7 Å². The van der Waals surface area contributed by atoms with Crippen molar-refractivity contribution in [3.8, 4) is 17.4 Å². The molecule has 0 aliphatic carbocycles. The van der Waals surface area contributed by atoms with Crippen LogP contribution in [0.3, 0.4) is 0 Å². The van der Waals surface area contributed by atoms with Crippen LogP contribution >= 0.6 is 11.6 Å². The third-order valence-electron chi connectivity index (χ3n) is 5.60. The Bertz CT molecular complexity index is 1320. The van der Waals surface area contributed by atoms with Gasteiger partial charge < -0.3 is 19.1 Å². The van der Waals surface area contributed by atoms with Crippen molar-refractivity contribution in [2.24, 2.45) is 7.05 Å². The van der Waals surface area contributed by atoms with Crippen LogP contribution < -0.4 is 20.1 Å². The van der Waals surface area contributed by atoms with E-state index in [2.05, 4.69) is 4.98 Å². The zero-order valence-corrected chi connectivity index (χ0v) is 20.1. The lowest BCUT2D eigenvalue weighted by Gasteiger charge is -2.35. The van der Waals surface area contributed by atoms with Crippen molar-refractivity contribution in [2.45, 2.75) is 25.7 Å². The zero-order valence-electron chi connectivity index (χ0n) is 19.3. The number of ether oxygens (including phenoxy) is 3. The van der Waals surface area contributed by atoms with Gasteiger partial charge in [-0.2, -0.15) is 18.2 Å². The Hall–Kier alpha value is -3.31. The fraction of sp³-hybridized carbons (Fsp3) is 0.333. The Morgan fingerprint density at radius 1 is 1.19 bits per heavy atom. The van der Waals surface area contributed by atoms with Crippen LogP contribution in [0.5, 0.6) is 17.4 Å². The van der Waals surface area contributed by atoms with Crippen molar-refractivity contribution < 1.29 is 31.8 Å². The lowest BCUT2D eigenvalue weighted by molar-refractivity contribution is -0.137. The fourth-order valence-corrected chi connectivity index (χ4v) is 3.93. The minimum Gasteiger partial charge on any atom is -0.473 e. The molecule has 7 nitrogen and oxygen atoms in total. The van der Waals surface area contributed by atoms with Gasteiger partial charge in [0.15, 0.2) is 11.6 Å².